The lowest BCUT2D eigenvalue weighted by Gasteiger charge is -2.43. The van der Waals surface area contributed by atoms with Crippen molar-refractivity contribution in [3.8, 4) is 0 Å². The minimum atomic E-state index is 0.368. The summed E-state index contributed by atoms with van der Waals surface area (Å²) in [6, 6.07) is 1.26. The van der Waals surface area contributed by atoms with Crippen LogP contribution in [-0.2, 0) is 4.74 Å². The van der Waals surface area contributed by atoms with E-state index >= 15 is 0 Å². The van der Waals surface area contributed by atoms with Crippen LogP contribution in [-0.4, -0.2) is 49.3 Å². The fourth-order valence-corrected chi connectivity index (χ4v) is 3.13. The Morgan fingerprint density at radius 1 is 1.24 bits per heavy atom. The Kier molecular flexibility index (Phi) is 6.45. The lowest BCUT2D eigenvalue weighted by molar-refractivity contribution is -0.0848. The molecule has 0 aromatic carbocycles. The highest BCUT2D eigenvalue weighted by Gasteiger charge is 2.30. The van der Waals surface area contributed by atoms with Gasteiger partial charge in [0.1, 0.15) is 0 Å². The lowest BCUT2D eigenvalue weighted by Crippen LogP contribution is -2.56. The van der Waals surface area contributed by atoms with Crippen molar-refractivity contribution in [1.82, 2.24) is 10.2 Å². The van der Waals surface area contributed by atoms with Crippen molar-refractivity contribution < 1.29 is 4.74 Å². The zero-order valence-corrected chi connectivity index (χ0v) is 12.2. The predicted octanol–water partition coefficient (Wildman–Crippen LogP) is 2.26. The highest BCUT2D eigenvalue weighted by Crippen LogP contribution is 2.19. The maximum Gasteiger partial charge on any atom is 0.0678 e. The van der Waals surface area contributed by atoms with E-state index in [0.29, 0.717) is 24.3 Å². The van der Waals surface area contributed by atoms with Crippen molar-refractivity contribution in [2.75, 3.05) is 20.1 Å². The van der Waals surface area contributed by atoms with E-state index in [2.05, 4.69) is 45.0 Å². The molecule has 1 N–H and O–H groups in total. The molecule has 0 aromatic rings. The van der Waals surface area contributed by atoms with E-state index in [4.69, 9.17) is 4.74 Å². The second-order valence-corrected chi connectivity index (χ2v) is 5.37. The molecule has 3 heteroatoms. The smallest absolute Gasteiger partial charge is 0.0678 e. The molecule has 0 bridgehead atoms. The van der Waals surface area contributed by atoms with Gasteiger partial charge >= 0.3 is 0 Å². The highest BCUT2D eigenvalue weighted by molar-refractivity contribution is 4.86. The summed E-state index contributed by atoms with van der Waals surface area (Å²) < 4.78 is 5.82. The number of likely N-dealkylation sites (N-methyl/N-ethyl adjacent to an activating group) is 1. The molecule has 1 aliphatic rings. The molecule has 4 atom stereocenters. The Bertz CT molecular complexity index is 200. The molecule has 17 heavy (non-hydrogen) atoms. The van der Waals surface area contributed by atoms with Crippen molar-refractivity contribution in [3.63, 3.8) is 0 Å². The van der Waals surface area contributed by atoms with E-state index in [1.165, 1.54) is 19.3 Å². The van der Waals surface area contributed by atoms with Crippen LogP contribution in [0, 0.1) is 0 Å². The van der Waals surface area contributed by atoms with Crippen molar-refractivity contribution >= 4 is 0 Å². The average Bonchev–Trinajstić information content (AvgIpc) is 2.27. The van der Waals surface area contributed by atoms with Gasteiger partial charge in [-0.15, -0.1) is 0 Å². The zero-order valence-electron chi connectivity index (χ0n) is 12.2. The maximum atomic E-state index is 5.82. The molecule has 1 fully saturated rings. The Morgan fingerprint density at radius 2 is 1.82 bits per heavy atom. The summed E-state index contributed by atoms with van der Waals surface area (Å²) in [6.07, 6.45) is 4.45. The molecular formula is C14H30N2O. The molecule has 0 aromatic heterocycles. The largest absolute Gasteiger partial charge is 0.373 e. The van der Waals surface area contributed by atoms with Crippen molar-refractivity contribution in [3.05, 3.63) is 0 Å². The van der Waals surface area contributed by atoms with Crippen LogP contribution in [0.5, 0.6) is 0 Å². The molecule has 1 rings (SSSR count). The molecule has 0 saturated carbocycles. The molecular weight excluding hydrogens is 212 g/mol. The predicted molar refractivity (Wildman–Crippen MR) is 73.4 cm³/mol. The van der Waals surface area contributed by atoms with Gasteiger partial charge in [-0.25, -0.2) is 0 Å². The van der Waals surface area contributed by atoms with E-state index in [9.17, 15) is 0 Å². The number of morpholine rings is 1. The third-order valence-corrected chi connectivity index (χ3v) is 3.77. The Morgan fingerprint density at radius 3 is 2.24 bits per heavy atom. The van der Waals surface area contributed by atoms with Gasteiger partial charge in [-0.1, -0.05) is 20.3 Å². The van der Waals surface area contributed by atoms with Crippen LogP contribution in [0.15, 0.2) is 0 Å². The van der Waals surface area contributed by atoms with E-state index < -0.39 is 0 Å². The summed E-state index contributed by atoms with van der Waals surface area (Å²) in [4.78, 5) is 2.62. The van der Waals surface area contributed by atoms with Gasteiger partial charge in [-0.2, -0.15) is 0 Å². The molecule has 0 amide bonds. The normalized spacial score (nSPS) is 30.2. The van der Waals surface area contributed by atoms with E-state index in [1.807, 2.05) is 0 Å². The SMILES string of the molecule is CCCC(NC)C(CC)N1C[C@@H](C)O[C@@H](C)C1. The number of hydrogen-bond acceptors (Lipinski definition) is 3. The van der Waals surface area contributed by atoms with Gasteiger partial charge in [0.2, 0.25) is 0 Å². The molecule has 0 spiro atoms. The van der Waals surface area contributed by atoms with Crippen LogP contribution in [0.25, 0.3) is 0 Å². The van der Waals surface area contributed by atoms with E-state index in [1.54, 1.807) is 0 Å². The molecule has 3 nitrogen and oxygen atoms in total. The molecule has 1 saturated heterocycles. The van der Waals surface area contributed by atoms with Crippen LogP contribution < -0.4 is 5.32 Å². The standard InChI is InChI=1S/C14H30N2O/c1-6-8-13(15-5)14(7-2)16-9-11(3)17-12(4)10-16/h11-15H,6-10H2,1-5H3/t11-,12+,13?,14?. The van der Waals surface area contributed by atoms with Gasteiger partial charge in [0.15, 0.2) is 0 Å². The monoisotopic (exact) mass is 242 g/mol. The topological polar surface area (TPSA) is 24.5 Å². The van der Waals surface area contributed by atoms with Gasteiger partial charge in [0.05, 0.1) is 12.2 Å². The van der Waals surface area contributed by atoms with Gasteiger partial charge in [0.25, 0.3) is 0 Å². The average molecular weight is 242 g/mol. The summed E-state index contributed by atoms with van der Waals surface area (Å²) in [5.41, 5.74) is 0. The third kappa shape index (κ3) is 4.23. The molecule has 102 valence electrons. The van der Waals surface area contributed by atoms with Crippen LogP contribution in [0.3, 0.4) is 0 Å². The highest BCUT2D eigenvalue weighted by atomic mass is 16.5. The molecule has 2 unspecified atom stereocenters. The van der Waals surface area contributed by atoms with Crippen molar-refractivity contribution in [2.24, 2.45) is 0 Å². The van der Waals surface area contributed by atoms with Crippen LogP contribution in [0.1, 0.15) is 47.0 Å². The maximum absolute atomic E-state index is 5.82. The third-order valence-electron chi connectivity index (χ3n) is 3.77. The Labute approximate surface area is 107 Å². The van der Waals surface area contributed by atoms with Crippen LogP contribution in [0.2, 0.25) is 0 Å². The second kappa shape index (κ2) is 7.34. The number of hydrogen-bond donors (Lipinski definition) is 1. The summed E-state index contributed by atoms with van der Waals surface area (Å²) in [6.45, 7) is 11.1. The summed E-state index contributed by atoms with van der Waals surface area (Å²) in [5, 5.41) is 3.50. The van der Waals surface area contributed by atoms with Gasteiger partial charge < -0.3 is 10.1 Å². The number of ether oxygens (including phenoxy) is 1. The summed E-state index contributed by atoms with van der Waals surface area (Å²) in [7, 11) is 2.09. The Hall–Kier alpha value is -0.120. The van der Waals surface area contributed by atoms with Crippen LogP contribution in [0.4, 0.5) is 0 Å². The first-order valence-electron chi connectivity index (χ1n) is 7.19. The molecule has 1 aliphatic heterocycles. The number of nitrogens with one attached hydrogen (secondary N) is 1. The minimum Gasteiger partial charge on any atom is -0.373 e. The molecule has 0 aliphatic carbocycles. The van der Waals surface area contributed by atoms with E-state index in [0.717, 1.165) is 13.1 Å². The first-order valence-corrected chi connectivity index (χ1v) is 7.19. The molecule has 1 heterocycles. The van der Waals surface area contributed by atoms with Crippen molar-refractivity contribution in [1.29, 1.82) is 0 Å². The van der Waals surface area contributed by atoms with E-state index in [-0.39, 0.29) is 0 Å². The Balaban J connectivity index is 2.64. The first kappa shape index (κ1) is 14.9. The minimum absolute atomic E-state index is 0.368. The number of rotatable bonds is 6. The number of nitrogens with zero attached hydrogens (tertiary/aromatic N) is 1. The fraction of sp³-hybridized carbons (Fsp3) is 1.00. The van der Waals surface area contributed by atoms with Gasteiger partial charge in [-0.05, 0) is 33.7 Å². The molecule has 0 radical (unpaired) electrons. The van der Waals surface area contributed by atoms with Crippen LogP contribution >= 0.6 is 0 Å². The van der Waals surface area contributed by atoms with Crippen molar-refractivity contribution in [2.45, 2.75) is 71.2 Å². The lowest BCUT2D eigenvalue weighted by atomic mass is 9.98. The van der Waals surface area contributed by atoms with Gasteiger partial charge in [0, 0.05) is 25.2 Å². The fourth-order valence-electron chi connectivity index (χ4n) is 3.13. The zero-order chi connectivity index (χ0) is 12.8. The summed E-state index contributed by atoms with van der Waals surface area (Å²) in [5.74, 6) is 0. The summed E-state index contributed by atoms with van der Waals surface area (Å²) >= 11 is 0. The quantitative estimate of drug-likeness (QED) is 0.773. The second-order valence-electron chi connectivity index (χ2n) is 5.37. The van der Waals surface area contributed by atoms with Gasteiger partial charge in [-0.3, -0.25) is 4.90 Å². The first-order chi connectivity index (χ1) is 8.12.